The summed E-state index contributed by atoms with van der Waals surface area (Å²) in [6.45, 7) is 4.13. The summed E-state index contributed by atoms with van der Waals surface area (Å²) in [7, 11) is -4.28. The lowest BCUT2D eigenvalue weighted by atomic mass is 9.92. The molecule has 0 aromatic heterocycles. The van der Waals surface area contributed by atoms with E-state index in [-0.39, 0.29) is 36.9 Å². The van der Waals surface area contributed by atoms with Gasteiger partial charge < -0.3 is 18.9 Å². The van der Waals surface area contributed by atoms with E-state index < -0.39 is 40.6 Å². The van der Waals surface area contributed by atoms with Crippen LogP contribution in [0.4, 0.5) is 0 Å². The molecular formula is C37H40O8S. The average molecular weight is 645 g/mol. The van der Waals surface area contributed by atoms with Gasteiger partial charge in [-0.1, -0.05) is 109 Å². The number of carbonyl (C=O) groups is 1. The molecule has 5 atom stereocenters. The van der Waals surface area contributed by atoms with Crippen LogP contribution in [0.3, 0.4) is 0 Å². The zero-order valence-electron chi connectivity index (χ0n) is 26.1. The number of rotatable bonds is 15. The zero-order valence-corrected chi connectivity index (χ0v) is 26.9. The highest BCUT2D eigenvalue weighted by atomic mass is 32.2. The molecule has 1 heterocycles. The molecule has 0 N–H and O–H groups in total. The summed E-state index contributed by atoms with van der Waals surface area (Å²) in [6, 6.07) is 35.4. The molecule has 0 bridgehead atoms. The summed E-state index contributed by atoms with van der Waals surface area (Å²) in [4.78, 5) is 12.5. The van der Waals surface area contributed by atoms with Crippen molar-refractivity contribution in [3.63, 3.8) is 0 Å². The second-order valence-corrected chi connectivity index (χ2v) is 13.0. The second kappa shape index (κ2) is 16.2. The maximum Gasteiger partial charge on any atom is 0.297 e. The summed E-state index contributed by atoms with van der Waals surface area (Å²) in [5, 5.41) is 0. The Labute approximate surface area is 271 Å². The molecule has 8 nitrogen and oxygen atoms in total. The van der Waals surface area contributed by atoms with Crippen molar-refractivity contribution in [1.82, 2.24) is 0 Å². The van der Waals surface area contributed by atoms with Crippen LogP contribution in [0.1, 0.15) is 35.6 Å². The van der Waals surface area contributed by atoms with Crippen molar-refractivity contribution in [2.75, 3.05) is 6.61 Å². The van der Waals surface area contributed by atoms with E-state index in [2.05, 4.69) is 0 Å². The van der Waals surface area contributed by atoms with Crippen LogP contribution < -0.4 is 0 Å². The fourth-order valence-electron chi connectivity index (χ4n) is 5.39. The van der Waals surface area contributed by atoms with Crippen LogP contribution in [0.2, 0.25) is 0 Å². The van der Waals surface area contributed by atoms with Crippen molar-refractivity contribution in [2.45, 2.75) is 75.5 Å². The molecule has 46 heavy (non-hydrogen) atoms. The van der Waals surface area contributed by atoms with Crippen molar-refractivity contribution in [1.29, 1.82) is 0 Å². The van der Waals surface area contributed by atoms with Crippen LogP contribution in [0.25, 0.3) is 0 Å². The third-order valence-electron chi connectivity index (χ3n) is 7.73. The Morgan fingerprint density at radius 1 is 0.652 bits per heavy atom. The number of aryl methyl sites for hydroxylation is 1. The summed E-state index contributed by atoms with van der Waals surface area (Å²) in [5.74, 6) is -0.180. The lowest BCUT2D eigenvalue weighted by molar-refractivity contribution is -0.255. The summed E-state index contributed by atoms with van der Waals surface area (Å²) in [5.41, 5.74) is 3.70. The van der Waals surface area contributed by atoms with E-state index >= 15 is 0 Å². The Kier molecular flexibility index (Phi) is 11.9. The Balaban J connectivity index is 1.49. The normalized spacial score (nSPS) is 21.6. The maximum absolute atomic E-state index is 13.7. The van der Waals surface area contributed by atoms with Crippen molar-refractivity contribution < 1.29 is 36.3 Å². The van der Waals surface area contributed by atoms with E-state index in [1.54, 1.807) is 12.1 Å². The Morgan fingerprint density at radius 3 is 1.67 bits per heavy atom. The van der Waals surface area contributed by atoms with Crippen LogP contribution in [-0.2, 0) is 57.9 Å². The average Bonchev–Trinajstić information content (AvgIpc) is 3.06. The molecule has 1 fully saturated rings. The monoisotopic (exact) mass is 644 g/mol. The summed E-state index contributed by atoms with van der Waals surface area (Å²) < 4.78 is 59.0. The molecule has 0 radical (unpaired) electrons. The van der Waals surface area contributed by atoms with E-state index in [0.717, 1.165) is 22.3 Å². The lowest BCUT2D eigenvalue weighted by Crippen LogP contribution is -2.61. The first-order valence-corrected chi connectivity index (χ1v) is 16.8. The molecular weight excluding hydrogens is 604 g/mol. The fraction of sp³-hybridized carbons (Fsp3) is 0.324. The highest BCUT2D eigenvalue weighted by Crippen LogP contribution is 2.34. The number of Topliss-reactive ketones (excluding diaryl/α,β-unsaturated/α-hetero) is 1. The van der Waals surface area contributed by atoms with E-state index in [1.807, 2.05) is 97.9 Å². The molecule has 4 aromatic rings. The third kappa shape index (κ3) is 9.42. The van der Waals surface area contributed by atoms with Gasteiger partial charge in [-0.15, -0.1) is 0 Å². The SMILES string of the molecule is CC(=O)C[C@H]1O[C@H](COCc2ccccc2)[C@@H](OCc2ccccc2)[C@H](OCc2ccccc2)[C@@H]1OS(=O)(=O)c1ccc(C)cc1. The molecule has 0 saturated carbocycles. The molecule has 0 spiro atoms. The molecule has 1 aliphatic heterocycles. The van der Waals surface area contributed by atoms with E-state index in [4.69, 9.17) is 23.1 Å². The van der Waals surface area contributed by atoms with E-state index in [9.17, 15) is 13.2 Å². The van der Waals surface area contributed by atoms with Gasteiger partial charge in [0.2, 0.25) is 0 Å². The Morgan fingerprint density at radius 2 is 1.15 bits per heavy atom. The standard InChI is InChI=1S/C37H40O8S/c1-27-18-20-32(21-19-27)46(39,40)45-36-33(22-28(2)38)44-34(26-41-23-29-12-6-3-7-13-29)35(42-24-30-14-8-4-9-15-30)37(36)43-25-31-16-10-5-11-17-31/h3-21,33-37H,22-26H2,1-2H3/t33-,34-,35-,36-,37+/m1/s1. The van der Waals surface area contributed by atoms with Crippen LogP contribution in [0, 0.1) is 6.92 Å². The number of carbonyl (C=O) groups excluding carboxylic acids is 1. The zero-order chi connectivity index (χ0) is 32.4. The first-order valence-electron chi connectivity index (χ1n) is 15.4. The van der Waals surface area contributed by atoms with Gasteiger partial charge in [-0.3, -0.25) is 8.98 Å². The molecule has 1 saturated heterocycles. The fourth-order valence-corrected chi connectivity index (χ4v) is 6.49. The van der Waals surface area contributed by atoms with Gasteiger partial charge in [-0.2, -0.15) is 8.42 Å². The summed E-state index contributed by atoms with van der Waals surface area (Å²) in [6.07, 6.45) is -4.65. The van der Waals surface area contributed by atoms with Crippen LogP contribution in [0.5, 0.6) is 0 Å². The van der Waals surface area contributed by atoms with Gasteiger partial charge in [0.05, 0.1) is 37.4 Å². The lowest BCUT2D eigenvalue weighted by Gasteiger charge is -2.45. The first kappa shape index (κ1) is 33.7. The molecule has 0 amide bonds. The van der Waals surface area contributed by atoms with Gasteiger partial charge in [-0.25, -0.2) is 0 Å². The number of benzene rings is 4. The van der Waals surface area contributed by atoms with Gasteiger partial charge in [0.15, 0.2) is 0 Å². The largest absolute Gasteiger partial charge is 0.374 e. The first-order chi connectivity index (χ1) is 22.3. The number of hydrogen-bond donors (Lipinski definition) is 0. The Bertz CT molecular complexity index is 1610. The summed E-state index contributed by atoms with van der Waals surface area (Å²) >= 11 is 0. The second-order valence-electron chi connectivity index (χ2n) is 11.5. The van der Waals surface area contributed by atoms with Crippen molar-refractivity contribution >= 4 is 15.9 Å². The molecule has 0 aliphatic carbocycles. The predicted octanol–water partition coefficient (Wildman–Crippen LogP) is 6.20. The van der Waals surface area contributed by atoms with Gasteiger partial charge >= 0.3 is 0 Å². The molecule has 4 aromatic carbocycles. The van der Waals surface area contributed by atoms with Crippen LogP contribution in [0.15, 0.2) is 120 Å². The van der Waals surface area contributed by atoms with Gasteiger partial charge in [0.25, 0.3) is 10.1 Å². The minimum absolute atomic E-state index is 0.00319. The predicted molar refractivity (Wildman–Crippen MR) is 173 cm³/mol. The molecule has 5 rings (SSSR count). The molecule has 1 aliphatic rings. The highest BCUT2D eigenvalue weighted by Gasteiger charge is 2.50. The third-order valence-corrected chi connectivity index (χ3v) is 9.06. The van der Waals surface area contributed by atoms with Crippen LogP contribution in [-0.4, -0.2) is 51.3 Å². The van der Waals surface area contributed by atoms with Crippen molar-refractivity contribution in [2.24, 2.45) is 0 Å². The quantitative estimate of drug-likeness (QED) is 0.141. The molecule has 9 heteroatoms. The maximum atomic E-state index is 13.7. The molecule has 242 valence electrons. The van der Waals surface area contributed by atoms with Crippen molar-refractivity contribution in [3.05, 3.63) is 138 Å². The number of ketones is 1. The van der Waals surface area contributed by atoms with Crippen molar-refractivity contribution in [3.8, 4) is 0 Å². The minimum atomic E-state index is -4.28. The Hall–Kier alpha value is -3.70. The highest BCUT2D eigenvalue weighted by molar-refractivity contribution is 7.86. The van der Waals surface area contributed by atoms with Crippen LogP contribution >= 0.6 is 0 Å². The van der Waals surface area contributed by atoms with Gasteiger partial charge in [-0.05, 0) is 42.7 Å². The van der Waals surface area contributed by atoms with E-state index in [1.165, 1.54) is 19.1 Å². The topological polar surface area (TPSA) is 97.4 Å². The van der Waals surface area contributed by atoms with Gasteiger partial charge in [0, 0.05) is 6.42 Å². The smallest absolute Gasteiger partial charge is 0.297 e. The van der Waals surface area contributed by atoms with E-state index in [0.29, 0.717) is 6.61 Å². The number of hydrogen-bond acceptors (Lipinski definition) is 8. The minimum Gasteiger partial charge on any atom is -0.374 e. The molecule has 0 unspecified atom stereocenters. The van der Waals surface area contributed by atoms with Gasteiger partial charge in [0.1, 0.15) is 30.2 Å². The number of ether oxygens (including phenoxy) is 4.